The number of aromatic nitrogens is 2. The van der Waals surface area contributed by atoms with Gasteiger partial charge in [-0.1, -0.05) is 38.4 Å². The highest BCUT2D eigenvalue weighted by molar-refractivity contribution is 6.36. The molecule has 0 unspecified atom stereocenters. The van der Waals surface area contributed by atoms with Gasteiger partial charge in [0.2, 0.25) is 0 Å². The Balaban J connectivity index is 1.86. The van der Waals surface area contributed by atoms with Crippen molar-refractivity contribution in [2.75, 3.05) is 6.54 Å². The number of hydrogen-bond donors (Lipinski definition) is 2. The van der Waals surface area contributed by atoms with Crippen LogP contribution < -0.4 is 10.1 Å². The Labute approximate surface area is 198 Å². The number of amides is 1. The minimum atomic E-state index is -3.01. The number of ether oxygens (including phenoxy) is 1. The van der Waals surface area contributed by atoms with Crippen LogP contribution in [0.15, 0.2) is 18.2 Å². The number of aryl methyl sites for hydroxylation is 1. The zero-order chi connectivity index (χ0) is 24.3. The first-order chi connectivity index (χ1) is 15.5. The van der Waals surface area contributed by atoms with Crippen molar-refractivity contribution in [3.63, 3.8) is 0 Å². The molecule has 1 aromatic carbocycles. The zero-order valence-electron chi connectivity index (χ0n) is 19.5. The predicted molar refractivity (Wildman–Crippen MR) is 124 cm³/mol. The summed E-state index contributed by atoms with van der Waals surface area (Å²) in [5, 5.41) is 17.7. The van der Waals surface area contributed by atoms with Crippen molar-refractivity contribution < 1.29 is 23.4 Å². The van der Waals surface area contributed by atoms with E-state index in [4.69, 9.17) is 16.3 Å². The summed E-state index contributed by atoms with van der Waals surface area (Å²) in [6.45, 7) is 3.31. The molecule has 1 aliphatic rings. The molecule has 1 heterocycles. The van der Waals surface area contributed by atoms with Crippen LogP contribution in [-0.2, 0) is 13.5 Å². The number of nitrogens with zero attached hydrogens (tertiary/aromatic N) is 2. The predicted octanol–water partition coefficient (Wildman–Crippen LogP) is 5.21. The molecule has 9 heteroatoms. The Hall–Kier alpha value is -2.19. The number of alkyl halides is 2. The molecule has 2 aromatic rings. The van der Waals surface area contributed by atoms with E-state index < -0.39 is 18.1 Å². The van der Waals surface area contributed by atoms with Crippen LogP contribution in [0, 0.1) is 11.8 Å². The molecule has 182 valence electrons. The van der Waals surface area contributed by atoms with Crippen LogP contribution in [0.4, 0.5) is 8.78 Å². The van der Waals surface area contributed by atoms with Gasteiger partial charge in [-0.2, -0.15) is 13.9 Å². The average Bonchev–Trinajstić information content (AvgIpc) is 3.02. The number of carbonyl (C=O) groups is 1. The van der Waals surface area contributed by atoms with Gasteiger partial charge in [-0.15, -0.1) is 0 Å². The summed E-state index contributed by atoms with van der Waals surface area (Å²) in [4.78, 5) is 12.8. The molecule has 0 spiro atoms. The van der Waals surface area contributed by atoms with E-state index >= 15 is 0 Å². The molecule has 0 aliphatic heterocycles. The molecule has 1 aromatic heterocycles. The molecule has 0 bridgehead atoms. The maximum Gasteiger partial charge on any atom is 0.387 e. The first-order valence-electron chi connectivity index (χ1n) is 11.3. The molecule has 1 saturated carbocycles. The molecular weight excluding hydrogens is 452 g/mol. The molecular formula is C24H32ClF2N3O3. The summed E-state index contributed by atoms with van der Waals surface area (Å²) in [5.74, 6) is 0.352. The summed E-state index contributed by atoms with van der Waals surface area (Å²) < 4.78 is 32.4. The van der Waals surface area contributed by atoms with Gasteiger partial charge in [-0.05, 0) is 61.6 Å². The van der Waals surface area contributed by atoms with Crippen LogP contribution in [-0.4, -0.2) is 39.6 Å². The van der Waals surface area contributed by atoms with E-state index in [1.165, 1.54) is 4.68 Å². The number of rotatable bonds is 8. The summed E-state index contributed by atoms with van der Waals surface area (Å²) >= 11 is 6.52. The lowest BCUT2D eigenvalue weighted by Crippen LogP contribution is -2.45. The molecule has 0 saturated heterocycles. The highest BCUT2D eigenvalue weighted by Gasteiger charge is 2.33. The van der Waals surface area contributed by atoms with E-state index in [9.17, 15) is 18.7 Å². The van der Waals surface area contributed by atoms with Gasteiger partial charge in [0, 0.05) is 19.2 Å². The monoisotopic (exact) mass is 483 g/mol. The van der Waals surface area contributed by atoms with Crippen LogP contribution in [0.1, 0.15) is 62.5 Å². The fourth-order valence-corrected chi connectivity index (χ4v) is 4.64. The average molecular weight is 484 g/mol. The second-order valence-electron chi connectivity index (χ2n) is 9.53. The zero-order valence-corrected chi connectivity index (χ0v) is 20.3. The fraction of sp³-hybridized carbons (Fsp3) is 0.583. The van der Waals surface area contributed by atoms with Gasteiger partial charge >= 0.3 is 6.61 Å². The molecule has 1 aliphatic carbocycles. The summed E-state index contributed by atoms with van der Waals surface area (Å²) in [6.07, 6.45) is 3.74. The number of aliphatic hydroxyl groups is 1. The van der Waals surface area contributed by atoms with Crippen LogP contribution in [0.5, 0.6) is 5.75 Å². The van der Waals surface area contributed by atoms with Gasteiger partial charge in [0.15, 0.2) is 5.69 Å². The summed E-state index contributed by atoms with van der Waals surface area (Å²) in [7, 11) is 1.59. The van der Waals surface area contributed by atoms with Crippen molar-refractivity contribution in [3.05, 3.63) is 34.5 Å². The van der Waals surface area contributed by atoms with Crippen LogP contribution in [0.3, 0.4) is 0 Å². The Kier molecular flexibility index (Phi) is 8.00. The van der Waals surface area contributed by atoms with Gasteiger partial charge in [-0.3, -0.25) is 9.48 Å². The van der Waals surface area contributed by atoms with Gasteiger partial charge in [0.1, 0.15) is 5.75 Å². The first-order valence-corrected chi connectivity index (χ1v) is 11.7. The number of nitrogens with one attached hydrogen (secondary N) is 1. The lowest BCUT2D eigenvalue weighted by molar-refractivity contribution is -0.0495. The van der Waals surface area contributed by atoms with Crippen LogP contribution in [0.25, 0.3) is 11.3 Å². The van der Waals surface area contributed by atoms with Crippen molar-refractivity contribution in [3.8, 4) is 17.0 Å². The molecule has 6 nitrogen and oxygen atoms in total. The van der Waals surface area contributed by atoms with Gasteiger partial charge in [-0.25, -0.2) is 0 Å². The van der Waals surface area contributed by atoms with E-state index in [1.54, 1.807) is 19.2 Å². The molecule has 0 atom stereocenters. The maximum atomic E-state index is 13.1. The molecule has 0 radical (unpaired) electrons. The molecule has 3 rings (SSSR count). The molecule has 33 heavy (non-hydrogen) atoms. The summed E-state index contributed by atoms with van der Waals surface area (Å²) in [6, 6.07) is 5.06. The van der Waals surface area contributed by atoms with Crippen molar-refractivity contribution in [1.82, 2.24) is 15.1 Å². The van der Waals surface area contributed by atoms with Crippen molar-refractivity contribution in [2.24, 2.45) is 18.9 Å². The maximum absolute atomic E-state index is 13.1. The lowest BCUT2D eigenvalue weighted by Gasteiger charge is -2.34. The van der Waals surface area contributed by atoms with Gasteiger partial charge < -0.3 is 15.2 Å². The Bertz CT molecular complexity index is 986. The van der Waals surface area contributed by atoms with E-state index in [-0.39, 0.29) is 23.0 Å². The third-order valence-corrected chi connectivity index (χ3v) is 6.51. The van der Waals surface area contributed by atoms with Crippen LogP contribution in [0.2, 0.25) is 5.02 Å². The summed E-state index contributed by atoms with van der Waals surface area (Å²) in [5.41, 5.74) is 0.504. The Morgan fingerprint density at radius 2 is 2.03 bits per heavy atom. The van der Waals surface area contributed by atoms with E-state index in [2.05, 4.69) is 17.3 Å². The third-order valence-electron chi connectivity index (χ3n) is 6.15. The third kappa shape index (κ3) is 6.23. The second-order valence-corrected chi connectivity index (χ2v) is 9.91. The van der Waals surface area contributed by atoms with Gasteiger partial charge in [0.05, 0.1) is 16.3 Å². The molecule has 1 amide bonds. The number of benzene rings is 1. The molecule has 2 N–H and O–H groups in total. The smallest absolute Gasteiger partial charge is 0.387 e. The largest absolute Gasteiger partial charge is 0.434 e. The minimum absolute atomic E-state index is 0.0226. The number of hydrogen-bond acceptors (Lipinski definition) is 4. The second kappa shape index (κ2) is 10.4. The minimum Gasteiger partial charge on any atom is -0.434 e. The van der Waals surface area contributed by atoms with E-state index in [0.717, 1.165) is 18.4 Å². The SMILES string of the molecule is CC(C)Cc1ccc(-c2c(Cl)c(C(=O)NCC3(O)CCC(C)CC3)nn2C)c(OC(F)F)c1. The lowest BCUT2D eigenvalue weighted by atomic mass is 9.79. The first kappa shape index (κ1) is 25.4. The Morgan fingerprint density at radius 1 is 1.36 bits per heavy atom. The molecule has 1 fully saturated rings. The highest BCUT2D eigenvalue weighted by atomic mass is 35.5. The number of carbonyl (C=O) groups excluding carboxylic acids is 1. The van der Waals surface area contributed by atoms with Crippen LogP contribution >= 0.6 is 11.6 Å². The van der Waals surface area contributed by atoms with E-state index in [1.807, 2.05) is 19.9 Å². The number of halogens is 3. The highest BCUT2D eigenvalue weighted by Crippen LogP contribution is 2.38. The topological polar surface area (TPSA) is 76.4 Å². The van der Waals surface area contributed by atoms with Crippen molar-refractivity contribution in [1.29, 1.82) is 0 Å². The van der Waals surface area contributed by atoms with Gasteiger partial charge in [0.25, 0.3) is 5.91 Å². The normalized spacial score (nSPS) is 21.0. The standard InChI is InChI=1S/C24H32ClF2N3O3/c1-14(2)11-16-5-6-17(18(12-16)33-23(26)27)21-19(25)20(29-30(21)4)22(31)28-13-24(32)9-7-15(3)8-10-24/h5-6,12,14-15,23,32H,7-11,13H2,1-4H3,(H,28,31). The van der Waals surface area contributed by atoms with Crippen molar-refractivity contribution in [2.45, 2.75) is 65.1 Å². The Morgan fingerprint density at radius 3 is 2.64 bits per heavy atom. The fourth-order valence-electron chi connectivity index (χ4n) is 4.29. The quantitative estimate of drug-likeness (QED) is 0.540. The van der Waals surface area contributed by atoms with Crippen molar-refractivity contribution >= 4 is 17.5 Å². The van der Waals surface area contributed by atoms with E-state index in [0.29, 0.717) is 42.4 Å².